The lowest BCUT2D eigenvalue weighted by molar-refractivity contribution is -0.0626. The molecule has 0 saturated carbocycles. The predicted molar refractivity (Wildman–Crippen MR) is 124 cm³/mol. The molecule has 1 fully saturated rings. The molecular formula is C25H31NO4S. The van der Waals surface area contributed by atoms with Gasteiger partial charge in [0.05, 0.1) is 12.6 Å². The third kappa shape index (κ3) is 6.11. The molecule has 0 spiro atoms. The van der Waals surface area contributed by atoms with Gasteiger partial charge >= 0.3 is 6.09 Å². The highest BCUT2D eigenvalue weighted by molar-refractivity contribution is 8.14. The zero-order chi connectivity index (χ0) is 22.6. The molecule has 0 radical (unpaired) electrons. The molecule has 1 saturated heterocycles. The molecule has 0 aliphatic carbocycles. The van der Waals surface area contributed by atoms with E-state index in [2.05, 4.69) is 0 Å². The lowest BCUT2D eigenvalue weighted by Crippen LogP contribution is -2.50. The largest absolute Gasteiger partial charge is 0.444 e. The van der Waals surface area contributed by atoms with E-state index in [4.69, 9.17) is 9.47 Å². The fourth-order valence-electron chi connectivity index (χ4n) is 3.68. The van der Waals surface area contributed by atoms with Gasteiger partial charge in [-0.3, -0.25) is 9.69 Å². The van der Waals surface area contributed by atoms with Crippen LogP contribution in [0.25, 0.3) is 0 Å². The lowest BCUT2D eigenvalue weighted by Gasteiger charge is -2.36. The maximum atomic E-state index is 13.0. The smallest absolute Gasteiger partial charge is 0.412 e. The number of hydrogen-bond acceptors (Lipinski definition) is 5. The zero-order valence-electron chi connectivity index (χ0n) is 18.8. The Morgan fingerprint density at radius 2 is 1.68 bits per heavy atom. The minimum atomic E-state index is -0.775. The summed E-state index contributed by atoms with van der Waals surface area (Å²) in [6.45, 7) is 9.70. The maximum absolute atomic E-state index is 13.0. The van der Waals surface area contributed by atoms with E-state index in [1.807, 2.05) is 95.3 Å². The first kappa shape index (κ1) is 23.4. The summed E-state index contributed by atoms with van der Waals surface area (Å²) in [6, 6.07) is 19.0. The van der Waals surface area contributed by atoms with Crippen molar-refractivity contribution in [2.75, 3.05) is 6.61 Å². The van der Waals surface area contributed by atoms with E-state index in [0.717, 1.165) is 5.56 Å². The number of thioether (sulfide) groups is 1. The topological polar surface area (TPSA) is 55.8 Å². The van der Waals surface area contributed by atoms with E-state index in [-0.39, 0.29) is 16.4 Å². The summed E-state index contributed by atoms with van der Waals surface area (Å²) in [5.41, 5.74) is 0.338. The van der Waals surface area contributed by atoms with Gasteiger partial charge in [0.15, 0.2) is 0 Å². The quantitative estimate of drug-likeness (QED) is 0.564. The summed E-state index contributed by atoms with van der Waals surface area (Å²) in [6.07, 6.45) is 0.182. The van der Waals surface area contributed by atoms with Crippen molar-refractivity contribution in [3.8, 4) is 0 Å². The van der Waals surface area contributed by atoms with Crippen molar-refractivity contribution < 1.29 is 19.1 Å². The van der Waals surface area contributed by atoms with Crippen LogP contribution in [0.3, 0.4) is 0 Å². The Hall–Kier alpha value is -2.31. The molecule has 1 amide bonds. The van der Waals surface area contributed by atoms with Crippen LogP contribution < -0.4 is 0 Å². The molecule has 1 heterocycles. The van der Waals surface area contributed by atoms with Crippen LogP contribution in [0.1, 0.15) is 62.2 Å². The number of carbonyl (C=O) groups is 2. The fraction of sp³-hybridized carbons (Fsp3) is 0.440. The van der Waals surface area contributed by atoms with Crippen LogP contribution in [-0.4, -0.2) is 40.1 Å². The first-order chi connectivity index (χ1) is 14.6. The molecule has 5 nitrogen and oxygen atoms in total. The third-order valence-electron chi connectivity index (χ3n) is 5.08. The fourth-order valence-corrected chi connectivity index (χ4v) is 4.82. The zero-order valence-corrected chi connectivity index (χ0v) is 19.6. The first-order valence-corrected chi connectivity index (χ1v) is 11.4. The number of rotatable bonds is 5. The van der Waals surface area contributed by atoms with Crippen molar-refractivity contribution in [2.45, 2.75) is 63.7 Å². The summed E-state index contributed by atoms with van der Waals surface area (Å²) >= 11 is 1.29. The van der Waals surface area contributed by atoms with Gasteiger partial charge in [-0.2, -0.15) is 0 Å². The van der Waals surface area contributed by atoms with Crippen molar-refractivity contribution in [3.63, 3.8) is 0 Å². The van der Waals surface area contributed by atoms with E-state index < -0.39 is 17.4 Å². The minimum absolute atomic E-state index is 0.0106. The van der Waals surface area contributed by atoms with Crippen molar-refractivity contribution in [2.24, 2.45) is 0 Å². The lowest BCUT2D eigenvalue weighted by atomic mass is 10.0. The molecule has 2 atom stereocenters. The van der Waals surface area contributed by atoms with E-state index in [1.165, 1.54) is 11.8 Å². The Morgan fingerprint density at radius 1 is 1.10 bits per heavy atom. The van der Waals surface area contributed by atoms with Crippen LogP contribution in [0.4, 0.5) is 4.79 Å². The van der Waals surface area contributed by atoms with Gasteiger partial charge in [0, 0.05) is 10.8 Å². The number of ether oxygens (including phenoxy) is 2. The van der Waals surface area contributed by atoms with Gasteiger partial charge in [-0.15, -0.1) is 0 Å². The molecule has 0 bridgehead atoms. The molecule has 166 valence electrons. The number of benzene rings is 2. The number of nitrogens with zero attached hydrogens (tertiary/aromatic N) is 1. The summed E-state index contributed by atoms with van der Waals surface area (Å²) in [4.78, 5) is 27.6. The monoisotopic (exact) mass is 441 g/mol. The minimum Gasteiger partial charge on any atom is -0.444 e. The van der Waals surface area contributed by atoms with E-state index in [1.54, 1.807) is 4.90 Å². The molecule has 1 aliphatic heterocycles. The van der Waals surface area contributed by atoms with Crippen LogP contribution in [0.15, 0.2) is 60.7 Å². The van der Waals surface area contributed by atoms with Crippen LogP contribution in [-0.2, 0) is 9.47 Å². The molecule has 3 rings (SSSR count). The Morgan fingerprint density at radius 3 is 2.26 bits per heavy atom. The SMILES string of the molecule is CC(C)(C)OC(=O)N1C(C[C@H](SC(=O)c2ccccc2)c2ccccc2)COC1(C)C. The molecule has 0 N–H and O–H groups in total. The van der Waals surface area contributed by atoms with Gasteiger partial charge < -0.3 is 9.47 Å². The van der Waals surface area contributed by atoms with Gasteiger partial charge in [-0.25, -0.2) is 4.79 Å². The Kier molecular flexibility index (Phi) is 7.12. The number of amides is 1. The molecule has 6 heteroatoms. The second kappa shape index (κ2) is 9.45. The van der Waals surface area contributed by atoms with Crippen LogP contribution in [0, 0.1) is 0 Å². The highest BCUT2D eigenvalue weighted by atomic mass is 32.2. The summed E-state index contributed by atoms with van der Waals surface area (Å²) in [7, 11) is 0. The molecule has 1 aliphatic rings. The average molecular weight is 442 g/mol. The van der Waals surface area contributed by atoms with Crippen molar-refractivity contribution in [1.82, 2.24) is 4.90 Å². The van der Waals surface area contributed by atoms with Crippen molar-refractivity contribution in [1.29, 1.82) is 0 Å². The second-order valence-corrected chi connectivity index (χ2v) is 10.3. The summed E-state index contributed by atoms with van der Waals surface area (Å²) < 4.78 is 11.6. The van der Waals surface area contributed by atoms with Gasteiger partial charge in [0.25, 0.3) is 0 Å². The molecule has 1 unspecified atom stereocenters. The van der Waals surface area contributed by atoms with E-state index >= 15 is 0 Å². The predicted octanol–water partition coefficient (Wildman–Crippen LogP) is 6.06. The van der Waals surface area contributed by atoms with Crippen molar-refractivity contribution >= 4 is 23.0 Å². The highest BCUT2D eigenvalue weighted by Crippen LogP contribution is 2.40. The highest BCUT2D eigenvalue weighted by Gasteiger charge is 2.46. The van der Waals surface area contributed by atoms with Crippen LogP contribution in [0.5, 0.6) is 0 Å². The molecular weight excluding hydrogens is 410 g/mol. The molecule has 2 aromatic carbocycles. The normalized spacial score (nSPS) is 19.1. The maximum Gasteiger partial charge on any atom is 0.412 e. The second-order valence-electron chi connectivity index (χ2n) is 9.17. The standard InChI is InChI=1S/C25H31NO4S/c1-24(2,3)30-23(28)26-20(17-29-25(26,4)5)16-21(18-12-8-6-9-13-18)31-22(27)19-14-10-7-11-15-19/h6-15,20-21H,16-17H2,1-5H3/t20?,21-/m0/s1. The van der Waals surface area contributed by atoms with Crippen LogP contribution in [0.2, 0.25) is 0 Å². The summed E-state index contributed by atoms with van der Waals surface area (Å²) in [5.74, 6) is 0. The average Bonchev–Trinajstić information content (AvgIpc) is 3.01. The molecule has 31 heavy (non-hydrogen) atoms. The van der Waals surface area contributed by atoms with Gasteiger partial charge in [-0.05, 0) is 46.6 Å². The van der Waals surface area contributed by atoms with Crippen LogP contribution >= 0.6 is 11.8 Å². The Bertz CT molecular complexity index is 893. The molecule has 2 aromatic rings. The number of hydrogen-bond donors (Lipinski definition) is 0. The Labute approximate surface area is 189 Å². The summed E-state index contributed by atoms with van der Waals surface area (Å²) in [5, 5.41) is -0.113. The van der Waals surface area contributed by atoms with Gasteiger partial charge in [0.1, 0.15) is 11.3 Å². The van der Waals surface area contributed by atoms with Gasteiger partial charge in [0.2, 0.25) is 5.12 Å². The first-order valence-electron chi connectivity index (χ1n) is 10.5. The van der Waals surface area contributed by atoms with Crippen molar-refractivity contribution in [3.05, 3.63) is 71.8 Å². The number of carbonyl (C=O) groups excluding carboxylic acids is 2. The van der Waals surface area contributed by atoms with Gasteiger partial charge in [-0.1, -0.05) is 72.4 Å². The van der Waals surface area contributed by atoms with E-state index in [0.29, 0.717) is 18.6 Å². The van der Waals surface area contributed by atoms with E-state index in [9.17, 15) is 9.59 Å². The third-order valence-corrected chi connectivity index (χ3v) is 6.28. The Balaban J connectivity index is 1.84. The molecule has 0 aromatic heterocycles.